The van der Waals surface area contributed by atoms with Crippen LogP contribution < -0.4 is 5.32 Å². The Labute approximate surface area is 154 Å². The fourth-order valence-electron chi connectivity index (χ4n) is 2.98. The Morgan fingerprint density at radius 2 is 2.00 bits per heavy atom. The molecule has 0 bridgehead atoms. The lowest BCUT2D eigenvalue weighted by molar-refractivity contribution is -0.126. The Bertz CT molecular complexity index is 775. The van der Waals surface area contributed by atoms with Crippen molar-refractivity contribution in [2.24, 2.45) is 5.92 Å². The van der Waals surface area contributed by atoms with Crippen LogP contribution in [0, 0.1) is 17.6 Å². The number of aromatic nitrogens is 1. The van der Waals surface area contributed by atoms with E-state index in [0.717, 1.165) is 17.8 Å². The molecule has 1 aliphatic rings. The van der Waals surface area contributed by atoms with E-state index in [0.29, 0.717) is 38.9 Å². The normalized spacial score (nSPS) is 15.1. The SMILES string of the molecule is O=C(NCCc1cscn1)C1CCN(C(=O)c2ccc(F)c(F)c2)CC1. The van der Waals surface area contributed by atoms with Crippen molar-refractivity contribution in [2.45, 2.75) is 19.3 Å². The second kappa shape index (κ2) is 8.35. The van der Waals surface area contributed by atoms with E-state index in [9.17, 15) is 18.4 Å². The van der Waals surface area contributed by atoms with Crippen molar-refractivity contribution < 1.29 is 18.4 Å². The molecule has 1 saturated heterocycles. The largest absolute Gasteiger partial charge is 0.355 e. The van der Waals surface area contributed by atoms with E-state index in [1.165, 1.54) is 17.4 Å². The third-order valence-electron chi connectivity index (χ3n) is 4.48. The summed E-state index contributed by atoms with van der Waals surface area (Å²) in [6.45, 7) is 1.38. The highest BCUT2D eigenvalue weighted by Crippen LogP contribution is 2.20. The zero-order valence-electron chi connectivity index (χ0n) is 14.1. The van der Waals surface area contributed by atoms with Crippen LogP contribution in [-0.4, -0.2) is 41.3 Å². The van der Waals surface area contributed by atoms with Gasteiger partial charge >= 0.3 is 0 Å². The molecule has 0 aliphatic carbocycles. The predicted molar refractivity (Wildman–Crippen MR) is 93.8 cm³/mol. The number of piperidine rings is 1. The number of benzene rings is 1. The third kappa shape index (κ3) is 4.43. The van der Waals surface area contributed by atoms with Crippen LogP contribution in [-0.2, 0) is 11.2 Å². The molecule has 1 fully saturated rings. The molecule has 0 saturated carbocycles. The summed E-state index contributed by atoms with van der Waals surface area (Å²) < 4.78 is 26.3. The van der Waals surface area contributed by atoms with Crippen LogP contribution in [0.5, 0.6) is 0 Å². The Hall–Kier alpha value is -2.35. The second-order valence-corrected chi connectivity index (χ2v) is 6.93. The summed E-state index contributed by atoms with van der Waals surface area (Å²) in [7, 11) is 0. The van der Waals surface area contributed by atoms with Gasteiger partial charge in [0.25, 0.3) is 5.91 Å². The van der Waals surface area contributed by atoms with Gasteiger partial charge in [-0.2, -0.15) is 0 Å². The van der Waals surface area contributed by atoms with Crippen molar-refractivity contribution in [3.63, 3.8) is 0 Å². The molecular formula is C18H19F2N3O2S. The molecule has 2 aromatic rings. The molecule has 1 N–H and O–H groups in total. The molecule has 0 atom stereocenters. The van der Waals surface area contributed by atoms with Gasteiger partial charge in [0.2, 0.25) is 5.91 Å². The summed E-state index contributed by atoms with van der Waals surface area (Å²) >= 11 is 1.52. The van der Waals surface area contributed by atoms with Crippen LogP contribution >= 0.6 is 11.3 Å². The van der Waals surface area contributed by atoms with Gasteiger partial charge in [-0.05, 0) is 31.0 Å². The summed E-state index contributed by atoms with van der Waals surface area (Å²) in [6, 6.07) is 3.14. The lowest BCUT2D eigenvalue weighted by atomic mass is 9.95. The summed E-state index contributed by atoms with van der Waals surface area (Å²) in [6.07, 6.45) is 1.80. The highest BCUT2D eigenvalue weighted by atomic mass is 32.1. The van der Waals surface area contributed by atoms with Gasteiger partial charge in [-0.1, -0.05) is 0 Å². The Kier molecular flexibility index (Phi) is 5.92. The monoisotopic (exact) mass is 379 g/mol. The number of thiazole rings is 1. The predicted octanol–water partition coefficient (Wildman–Crippen LogP) is 2.63. The molecular weight excluding hydrogens is 360 g/mol. The quantitative estimate of drug-likeness (QED) is 0.869. The van der Waals surface area contributed by atoms with Gasteiger partial charge < -0.3 is 10.2 Å². The maximum absolute atomic E-state index is 13.3. The van der Waals surface area contributed by atoms with Crippen molar-refractivity contribution in [1.29, 1.82) is 0 Å². The van der Waals surface area contributed by atoms with E-state index >= 15 is 0 Å². The van der Waals surface area contributed by atoms with Gasteiger partial charge in [0.15, 0.2) is 11.6 Å². The molecule has 0 radical (unpaired) electrons. The van der Waals surface area contributed by atoms with Gasteiger partial charge in [0.1, 0.15) is 0 Å². The van der Waals surface area contributed by atoms with Crippen LogP contribution in [0.4, 0.5) is 8.78 Å². The molecule has 0 spiro atoms. The first kappa shape index (κ1) is 18.4. The average Bonchev–Trinajstić information content (AvgIpc) is 3.17. The summed E-state index contributed by atoms with van der Waals surface area (Å²) in [4.78, 5) is 30.3. The number of nitrogens with zero attached hydrogens (tertiary/aromatic N) is 2. The number of nitrogens with one attached hydrogen (secondary N) is 1. The summed E-state index contributed by atoms with van der Waals surface area (Å²) in [5, 5.41) is 4.86. The van der Waals surface area contributed by atoms with Crippen LogP contribution in [0.1, 0.15) is 28.9 Å². The van der Waals surface area contributed by atoms with Crippen molar-refractivity contribution in [3.05, 3.63) is 52.0 Å². The van der Waals surface area contributed by atoms with Gasteiger partial charge in [-0.25, -0.2) is 13.8 Å². The Morgan fingerprint density at radius 1 is 1.23 bits per heavy atom. The van der Waals surface area contributed by atoms with Crippen molar-refractivity contribution in [2.75, 3.05) is 19.6 Å². The summed E-state index contributed by atoms with van der Waals surface area (Å²) in [5.41, 5.74) is 2.84. The number of hydrogen-bond acceptors (Lipinski definition) is 4. The van der Waals surface area contributed by atoms with E-state index < -0.39 is 11.6 Å². The first-order valence-corrected chi connectivity index (χ1v) is 9.38. The number of carbonyl (C=O) groups is 2. The molecule has 3 rings (SSSR count). The van der Waals surface area contributed by atoms with Gasteiger partial charge in [0.05, 0.1) is 11.2 Å². The van der Waals surface area contributed by atoms with Gasteiger partial charge in [-0.3, -0.25) is 9.59 Å². The number of halogens is 2. The number of rotatable bonds is 5. The molecule has 138 valence electrons. The molecule has 0 unspecified atom stereocenters. The van der Waals surface area contributed by atoms with E-state index in [1.807, 2.05) is 5.38 Å². The Morgan fingerprint density at radius 3 is 2.65 bits per heavy atom. The molecule has 1 aromatic carbocycles. The molecule has 2 amide bonds. The zero-order chi connectivity index (χ0) is 18.5. The molecule has 1 aliphatic heterocycles. The third-order valence-corrected chi connectivity index (χ3v) is 5.12. The van der Waals surface area contributed by atoms with Crippen molar-refractivity contribution in [1.82, 2.24) is 15.2 Å². The first-order chi connectivity index (χ1) is 12.5. The highest BCUT2D eigenvalue weighted by molar-refractivity contribution is 7.07. The minimum atomic E-state index is -1.04. The van der Waals surface area contributed by atoms with Gasteiger partial charge in [-0.15, -0.1) is 11.3 Å². The fourth-order valence-corrected chi connectivity index (χ4v) is 3.57. The maximum atomic E-state index is 13.3. The summed E-state index contributed by atoms with van der Waals surface area (Å²) in [5.74, 6) is -2.51. The number of carbonyl (C=O) groups excluding carboxylic acids is 2. The van der Waals surface area contributed by atoms with E-state index in [4.69, 9.17) is 0 Å². The Balaban J connectivity index is 1.46. The van der Waals surface area contributed by atoms with Gasteiger partial charge in [0, 0.05) is 42.9 Å². The molecule has 26 heavy (non-hydrogen) atoms. The number of amides is 2. The van der Waals surface area contributed by atoms with Crippen LogP contribution in [0.3, 0.4) is 0 Å². The lowest BCUT2D eigenvalue weighted by Crippen LogP contribution is -2.43. The maximum Gasteiger partial charge on any atom is 0.253 e. The average molecular weight is 379 g/mol. The zero-order valence-corrected chi connectivity index (χ0v) is 14.9. The van der Waals surface area contributed by atoms with Crippen molar-refractivity contribution in [3.8, 4) is 0 Å². The standard InChI is InChI=1S/C18H19F2N3O2S/c19-15-2-1-13(9-16(15)20)18(25)23-7-4-12(5-8-23)17(24)21-6-3-14-10-26-11-22-14/h1-2,9-12H,3-8H2,(H,21,24). The fraction of sp³-hybridized carbons (Fsp3) is 0.389. The minimum absolute atomic E-state index is 0.0137. The number of likely N-dealkylation sites (tertiary alicyclic amines) is 1. The molecule has 1 aromatic heterocycles. The second-order valence-electron chi connectivity index (χ2n) is 6.22. The highest BCUT2D eigenvalue weighted by Gasteiger charge is 2.28. The van der Waals surface area contributed by atoms with E-state index in [2.05, 4.69) is 10.3 Å². The van der Waals surface area contributed by atoms with E-state index in [1.54, 1.807) is 10.4 Å². The lowest BCUT2D eigenvalue weighted by Gasteiger charge is -2.31. The molecule has 5 nitrogen and oxygen atoms in total. The topological polar surface area (TPSA) is 62.3 Å². The first-order valence-electron chi connectivity index (χ1n) is 8.43. The minimum Gasteiger partial charge on any atom is -0.355 e. The smallest absolute Gasteiger partial charge is 0.253 e. The molecule has 2 heterocycles. The van der Waals surface area contributed by atoms with Crippen LogP contribution in [0.25, 0.3) is 0 Å². The molecule has 8 heteroatoms. The van der Waals surface area contributed by atoms with E-state index in [-0.39, 0.29) is 23.3 Å². The van der Waals surface area contributed by atoms with Crippen LogP contribution in [0.15, 0.2) is 29.1 Å². The number of hydrogen-bond donors (Lipinski definition) is 1. The van der Waals surface area contributed by atoms with Crippen molar-refractivity contribution >= 4 is 23.2 Å². The van der Waals surface area contributed by atoms with Crippen LogP contribution in [0.2, 0.25) is 0 Å².